The van der Waals surface area contributed by atoms with E-state index in [1.807, 2.05) is 13.8 Å². The molecule has 0 unspecified atom stereocenters. The molecule has 6 nitrogen and oxygen atoms in total. The Morgan fingerprint density at radius 1 is 1.15 bits per heavy atom. The molecule has 0 rings (SSSR count). The van der Waals surface area contributed by atoms with Gasteiger partial charge in [-0.2, -0.15) is 0 Å². The third kappa shape index (κ3) is 7.66. The minimum atomic E-state index is -0.439. The molecule has 0 bridgehead atoms. The number of hydrogen-bond donors (Lipinski definition) is 1. The van der Waals surface area contributed by atoms with Crippen molar-refractivity contribution in [2.45, 2.75) is 52.5 Å². The standard InChI is InChI=1S/C14H24N2O4/c1-11(2)13(9-17)15-14(20)7-5-4-6-8-16(10-18)12(3)19/h9-11,13H,4-8H2,1-3H3,(H,15,20)/t13-/m1/s1. The normalized spacial score (nSPS) is 11.8. The molecule has 0 aliphatic carbocycles. The third-order valence-corrected chi connectivity index (χ3v) is 3.03. The van der Waals surface area contributed by atoms with Gasteiger partial charge in [0.1, 0.15) is 6.29 Å². The number of imide groups is 1. The summed E-state index contributed by atoms with van der Waals surface area (Å²) in [5.74, 6) is -0.341. The Morgan fingerprint density at radius 3 is 2.25 bits per heavy atom. The molecule has 0 saturated heterocycles. The molecule has 3 amide bonds. The number of nitrogens with zero attached hydrogens (tertiary/aromatic N) is 1. The number of hydrogen-bond acceptors (Lipinski definition) is 4. The molecule has 0 fully saturated rings. The maximum atomic E-state index is 11.6. The zero-order chi connectivity index (χ0) is 15.5. The number of carbonyl (C=O) groups excluding carboxylic acids is 4. The Balaban J connectivity index is 3.79. The number of unbranched alkanes of at least 4 members (excludes halogenated alkanes) is 2. The Hall–Kier alpha value is -1.72. The van der Waals surface area contributed by atoms with Gasteiger partial charge in [0.25, 0.3) is 0 Å². The van der Waals surface area contributed by atoms with Crippen molar-refractivity contribution in [1.82, 2.24) is 10.2 Å². The summed E-state index contributed by atoms with van der Waals surface area (Å²) in [6.07, 6.45) is 3.70. The predicted octanol–water partition coefficient (Wildman–Crippen LogP) is 0.891. The molecule has 0 saturated carbocycles. The minimum absolute atomic E-state index is 0.0770. The maximum Gasteiger partial charge on any atom is 0.225 e. The van der Waals surface area contributed by atoms with Gasteiger partial charge in [-0.3, -0.25) is 19.3 Å². The summed E-state index contributed by atoms with van der Waals surface area (Å²) in [4.78, 5) is 45.0. The van der Waals surface area contributed by atoms with E-state index in [9.17, 15) is 19.2 Å². The van der Waals surface area contributed by atoms with Crippen LogP contribution in [-0.2, 0) is 19.2 Å². The van der Waals surface area contributed by atoms with Gasteiger partial charge in [0.15, 0.2) is 0 Å². The molecule has 1 N–H and O–H groups in total. The van der Waals surface area contributed by atoms with Gasteiger partial charge in [0.2, 0.25) is 18.2 Å². The summed E-state index contributed by atoms with van der Waals surface area (Å²) in [6.45, 7) is 5.46. The maximum absolute atomic E-state index is 11.6. The average molecular weight is 284 g/mol. The summed E-state index contributed by atoms with van der Waals surface area (Å²) in [7, 11) is 0. The topological polar surface area (TPSA) is 83.6 Å². The Bertz CT molecular complexity index is 342. The van der Waals surface area contributed by atoms with Gasteiger partial charge in [0, 0.05) is 19.9 Å². The van der Waals surface area contributed by atoms with E-state index < -0.39 is 6.04 Å². The highest BCUT2D eigenvalue weighted by molar-refractivity contribution is 5.84. The van der Waals surface area contributed by atoms with E-state index in [1.165, 1.54) is 6.92 Å². The van der Waals surface area contributed by atoms with E-state index in [4.69, 9.17) is 0 Å². The van der Waals surface area contributed by atoms with Crippen LogP contribution in [0.5, 0.6) is 0 Å². The number of rotatable bonds is 10. The number of aldehydes is 1. The first-order valence-corrected chi connectivity index (χ1v) is 6.89. The van der Waals surface area contributed by atoms with Crippen molar-refractivity contribution in [2.24, 2.45) is 5.92 Å². The molecule has 6 heteroatoms. The van der Waals surface area contributed by atoms with Gasteiger partial charge in [-0.1, -0.05) is 20.3 Å². The van der Waals surface area contributed by atoms with Gasteiger partial charge in [-0.05, 0) is 18.8 Å². The van der Waals surface area contributed by atoms with Gasteiger partial charge in [-0.25, -0.2) is 0 Å². The molecular weight excluding hydrogens is 260 g/mol. The lowest BCUT2D eigenvalue weighted by Gasteiger charge is -2.16. The van der Waals surface area contributed by atoms with Crippen LogP contribution in [0.4, 0.5) is 0 Å². The number of nitrogens with one attached hydrogen (secondary N) is 1. The van der Waals surface area contributed by atoms with E-state index >= 15 is 0 Å². The predicted molar refractivity (Wildman–Crippen MR) is 74.8 cm³/mol. The second kappa shape index (κ2) is 10.1. The van der Waals surface area contributed by atoms with Gasteiger partial charge in [0.05, 0.1) is 6.04 Å². The molecule has 0 aromatic rings. The second-order valence-corrected chi connectivity index (χ2v) is 5.10. The van der Waals surface area contributed by atoms with Crippen molar-refractivity contribution in [3.05, 3.63) is 0 Å². The van der Waals surface area contributed by atoms with Crippen molar-refractivity contribution in [1.29, 1.82) is 0 Å². The van der Waals surface area contributed by atoms with Crippen LogP contribution in [0.25, 0.3) is 0 Å². The lowest BCUT2D eigenvalue weighted by molar-refractivity contribution is -0.136. The van der Waals surface area contributed by atoms with Crippen LogP contribution in [0.3, 0.4) is 0 Å². The lowest BCUT2D eigenvalue weighted by Crippen LogP contribution is -2.39. The fraction of sp³-hybridized carbons (Fsp3) is 0.714. The Morgan fingerprint density at radius 2 is 1.80 bits per heavy atom. The fourth-order valence-corrected chi connectivity index (χ4v) is 1.64. The lowest BCUT2D eigenvalue weighted by atomic mass is 10.1. The van der Waals surface area contributed by atoms with Crippen molar-refractivity contribution in [2.75, 3.05) is 6.54 Å². The van der Waals surface area contributed by atoms with Crippen molar-refractivity contribution in [3.8, 4) is 0 Å². The molecule has 0 aliphatic rings. The van der Waals surface area contributed by atoms with Crippen LogP contribution in [0.1, 0.15) is 46.5 Å². The zero-order valence-electron chi connectivity index (χ0n) is 12.4. The second-order valence-electron chi connectivity index (χ2n) is 5.10. The number of carbonyl (C=O) groups is 4. The van der Waals surface area contributed by atoms with Crippen molar-refractivity contribution in [3.63, 3.8) is 0 Å². The highest BCUT2D eigenvalue weighted by atomic mass is 16.2. The van der Waals surface area contributed by atoms with Gasteiger partial charge >= 0.3 is 0 Å². The third-order valence-electron chi connectivity index (χ3n) is 3.03. The molecule has 0 heterocycles. The summed E-state index contributed by atoms with van der Waals surface area (Å²) < 4.78 is 0. The van der Waals surface area contributed by atoms with Crippen LogP contribution in [0, 0.1) is 5.92 Å². The molecule has 0 aromatic carbocycles. The molecule has 0 aromatic heterocycles. The monoisotopic (exact) mass is 284 g/mol. The Kier molecular flexibility index (Phi) is 9.24. The molecule has 0 radical (unpaired) electrons. The van der Waals surface area contributed by atoms with E-state index in [0.717, 1.165) is 17.6 Å². The first-order valence-electron chi connectivity index (χ1n) is 6.89. The summed E-state index contributed by atoms with van der Waals surface area (Å²) in [6, 6.07) is -0.439. The van der Waals surface area contributed by atoms with Crippen molar-refractivity contribution < 1.29 is 19.2 Å². The summed E-state index contributed by atoms with van der Waals surface area (Å²) >= 11 is 0. The highest BCUT2D eigenvalue weighted by Crippen LogP contribution is 2.03. The van der Waals surface area contributed by atoms with E-state index in [0.29, 0.717) is 32.2 Å². The van der Waals surface area contributed by atoms with Crippen LogP contribution >= 0.6 is 0 Å². The van der Waals surface area contributed by atoms with Crippen LogP contribution in [-0.4, -0.2) is 42.0 Å². The van der Waals surface area contributed by atoms with E-state index in [1.54, 1.807) is 0 Å². The van der Waals surface area contributed by atoms with Crippen LogP contribution < -0.4 is 5.32 Å². The quantitative estimate of drug-likeness (QED) is 0.477. The fourth-order valence-electron chi connectivity index (χ4n) is 1.64. The Labute approximate surface area is 119 Å². The average Bonchev–Trinajstić information content (AvgIpc) is 2.39. The van der Waals surface area contributed by atoms with Gasteiger partial charge in [-0.15, -0.1) is 0 Å². The molecule has 20 heavy (non-hydrogen) atoms. The van der Waals surface area contributed by atoms with Crippen molar-refractivity contribution >= 4 is 24.5 Å². The first-order chi connectivity index (χ1) is 9.42. The summed E-state index contributed by atoms with van der Waals surface area (Å²) in [5.41, 5.74) is 0. The summed E-state index contributed by atoms with van der Waals surface area (Å²) in [5, 5.41) is 2.67. The minimum Gasteiger partial charge on any atom is -0.346 e. The number of amides is 3. The van der Waals surface area contributed by atoms with E-state index in [-0.39, 0.29) is 17.7 Å². The SMILES string of the molecule is CC(=O)N(C=O)CCCCCC(=O)N[C@H](C=O)C(C)C. The highest BCUT2D eigenvalue weighted by Gasteiger charge is 2.14. The molecular formula is C14H24N2O4. The van der Waals surface area contributed by atoms with Crippen LogP contribution in [0.15, 0.2) is 0 Å². The molecule has 114 valence electrons. The molecule has 0 spiro atoms. The first kappa shape index (κ1) is 18.3. The van der Waals surface area contributed by atoms with E-state index in [2.05, 4.69) is 5.32 Å². The zero-order valence-corrected chi connectivity index (χ0v) is 12.4. The largest absolute Gasteiger partial charge is 0.346 e. The van der Waals surface area contributed by atoms with Crippen LogP contribution in [0.2, 0.25) is 0 Å². The smallest absolute Gasteiger partial charge is 0.225 e. The molecule has 1 atom stereocenters. The van der Waals surface area contributed by atoms with Gasteiger partial charge < -0.3 is 10.1 Å². The molecule has 0 aliphatic heterocycles.